The van der Waals surface area contributed by atoms with E-state index in [9.17, 15) is 4.79 Å². The lowest BCUT2D eigenvalue weighted by Gasteiger charge is -2.21. The van der Waals surface area contributed by atoms with Crippen molar-refractivity contribution in [3.63, 3.8) is 0 Å². The van der Waals surface area contributed by atoms with E-state index in [-0.39, 0.29) is 12.7 Å². The number of nitrogens with zero attached hydrogens (tertiary/aromatic N) is 1. The Morgan fingerprint density at radius 1 is 1.12 bits per heavy atom. The molecule has 5 heteroatoms. The first kappa shape index (κ1) is 16.3. The van der Waals surface area contributed by atoms with Gasteiger partial charge in [0.05, 0.1) is 6.54 Å². The average Bonchev–Trinajstić information content (AvgIpc) is 3.03. The van der Waals surface area contributed by atoms with Crippen molar-refractivity contribution in [1.82, 2.24) is 4.90 Å². The van der Waals surface area contributed by atoms with E-state index in [1.165, 1.54) is 5.56 Å². The topological polar surface area (TPSA) is 50.8 Å². The summed E-state index contributed by atoms with van der Waals surface area (Å²) in [5.74, 6) is 1.35. The second-order valence-corrected chi connectivity index (χ2v) is 5.81. The van der Waals surface area contributed by atoms with Crippen LogP contribution in [0.5, 0.6) is 11.5 Å². The lowest BCUT2D eigenvalue weighted by Crippen LogP contribution is -2.33. The highest BCUT2D eigenvalue weighted by Gasteiger charge is 2.15. The second-order valence-electron chi connectivity index (χ2n) is 5.81. The smallest absolute Gasteiger partial charge is 0.238 e. The zero-order chi connectivity index (χ0) is 16.8. The Kier molecular flexibility index (Phi) is 5.33. The summed E-state index contributed by atoms with van der Waals surface area (Å²) in [6.07, 6.45) is 1.00. The van der Waals surface area contributed by atoms with Crippen LogP contribution in [-0.2, 0) is 11.3 Å². The summed E-state index contributed by atoms with van der Waals surface area (Å²) < 4.78 is 10.6. The Morgan fingerprint density at radius 3 is 2.71 bits per heavy atom. The third-order valence-corrected chi connectivity index (χ3v) is 3.81. The molecule has 0 fully saturated rings. The summed E-state index contributed by atoms with van der Waals surface area (Å²) in [7, 11) is 0. The number of benzene rings is 2. The molecule has 1 aliphatic rings. The lowest BCUT2D eigenvalue weighted by molar-refractivity contribution is -0.117. The second kappa shape index (κ2) is 7.84. The molecule has 2 aromatic rings. The van der Waals surface area contributed by atoms with Crippen molar-refractivity contribution in [3.8, 4) is 11.5 Å². The van der Waals surface area contributed by atoms with Crippen molar-refractivity contribution in [3.05, 3.63) is 54.1 Å². The number of nitrogens with one attached hydrogen (secondary N) is 1. The molecule has 3 rings (SSSR count). The van der Waals surface area contributed by atoms with E-state index < -0.39 is 0 Å². The van der Waals surface area contributed by atoms with Gasteiger partial charge < -0.3 is 14.8 Å². The Morgan fingerprint density at radius 2 is 1.92 bits per heavy atom. The Labute approximate surface area is 142 Å². The molecule has 1 heterocycles. The first-order chi connectivity index (χ1) is 11.7. The van der Waals surface area contributed by atoms with E-state index in [0.29, 0.717) is 18.0 Å². The standard InChI is InChI=1S/C19H22N2O3/c1-2-10-21(12-15-6-4-3-5-7-15)13-19(22)20-16-8-9-17-18(11-16)24-14-23-17/h3-9,11H,2,10,12-14H2,1H3,(H,20,22). The van der Waals surface area contributed by atoms with Crippen LogP contribution in [0.1, 0.15) is 18.9 Å². The minimum absolute atomic E-state index is 0.0294. The van der Waals surface area contributed by atoms with Crippen LogP contribution in [0.25, 0.3) is 0 Å². The van der Waals surface area contributed by atoms with Crippen LogP contribution >= 0.6 is 0 Å². The monoisotopic (exact) mass is 326 g/mol. The fraction of sp³-hybridized carbons (Fsp3) is 0.316. The summed E-state index contributed by atoms with van der Waals surface area (Å²) in [6.45, 7) is 4.35. The summed E-state index contributed by atoms with van der Waals surface area (Å²) in [4.78, 5) is 14.5. The first-order valence-corrected chi connectivity index (χ1v) is 8.20. The molecule has 24 heavy (non-hydrogen) atoms. The van der Waals surface area contributed by atoms with Crippen LogP contribution in [0.4, 0.5) is 5.69 Å². The first-order valence-electron chi connectivity index (χ1n) is 8.20. The van der Waals surface area contributed by atoms with Gasteiger partial charge in [0.25, 0.3) is 0 Å². The molecular weight excluding hydrogens is 304 g/mol. The van der Waals surface area contributed by atoms with E-state index in [1.807, 2.05) is 30.3 Å². The van der Waals surface area contributed by atoms with Gasteiger partial charge in [-0.05, 0) is 30.7 Å². The molecule has 1 aliphatic heterocycles. The van der Waals surface area contributed by atoms with E-state index in [2.05, 4.69) is 29.3 Å². The molecule has 0 atom stereocenters. The number of carbonyl (C=O) groups excluding carboxylic acids is 1. The molecular formula is C19H22N2O3. The molecule has 126 valence electrons. The largest absolute Gasteiger partial charge is 0.454 e. The van der Waals surface area contributed by atoms with Crippen molar-refractivity contribution in [2.24, 2.45) is 0 Å². The molecule has 5 nitrogen and oxygen atoms in total. The normalized spacial score (nSPS) is 12.4. The summed E-state index contributed by atoms with van der Waals surface area (Å²) >= 11 is 0. The number of hydrogen-bond acceptors (Lipinski definition) is 4. The number of ether oxygens (including phenoxy) is 2. The maximum absolute atomic E-state index is 12.4. The van der Waals surface area contributed by atoms with Crippen LogP contribution in [0, 0.1) is 0 Å². The molecule has 0 aromatic heterocycles. The lowest BCUT2D eigenvalue weighted by atomic mass is 10.2. The van der Waals surface area contributed by atoms with E-state index in [0.717, 1.165) is 25.2 Å². The van der Waals surface area contributed by atoms with Gasteiger partial charge in [0.1, 0.15) is 0 Å². The maximum Gasteiger partial charge on any atom is 0.238 e. The minimum atomic E-state index is -0.0294. The fourth-order valence-corrected chi connectivity index (χ4v) is 2.75. The van der Waals surface area contributed by atoms with Gasteiger partial charge >= 0.3 is 0 Å². The van der Waals surface area contributed by atoms with Gasteiger partial charge in [-0.15, -0.1) is 0 Å². The Balaban J connectivity index is 1.59. The van der Waals surface area contributed by atoms with Crippen molar-refractivity contribution >= 4 is 11.6 Å². The molecule has 0 saturated carbocycles. The maximum atomic E-state index is 12.4. The summed E-state index contributed by atoms with van der Waals surface area (Å²) in [5, 5.41) is 2.93. The predicted octanol–water partition coefficient (Wildman–Crippen LogP) is 3.27. The van der Waals surface area contributed by atoms with Crippen molar-refractivity contribution in [2.45, 2.75) is 19.9 Å². The number of anilines is 1. The molecule has 0 aliphatic carbocycles. The molecule has 1 amide bonds. The van der Waals surface area contributed by atoms with Crippen LogP contribution in [0.15, 0.2) is 48.5 Å². The van der Waals surface area contributed by atoms with Crippen LogP contribution in [-0.4, -0.2) is 30.7 Å². The van der Waals surface area contributed by atoms with Gasteiger partial charge in [-0.1, -0.05) is 37.3 Å². The SMILES string of the molecule is CCCN(CC(=O)Nc1ccc2c(c1)OCO2)Cc1ccccc1. The highest BCUT2D eigenvalue weighted by atomic mass is 16.7. The molecule has 2 aromatic carbocycles. The zero-order valence-corrected chi connectivity index (χ0v) is 13.8. The fourth-order valence-electron chi connectivity index (χ4n) is 2.75. The van der Waals surface area contributed by atoms with Gasteiger partial charge in [-0.2, -0.15) is 0 Å². The van der Waals surface area contributed by atoms with Gasteiger partial charge in [-0.3, -0.25) is 9.69 Å². The number of fused-ring (bicyclic) bond motifs is 1. The molecule has 0 bridgehead atoms. The number of rotatable bonds is 7. The van der Waals surface area contributed by atoms with E-state index in [1.54, 1.807) is 6.07 Å². The quantitative estimate of drug-likeness (QED) is 0.848. The molecule has 0 unspecified atom stereocenters. The van der Waals surface area contributed by atoms with E-state index >= 15 is 0 Å². The van der Waals surface area contributed by atoms with Crippen LogP contribution in [0.2, 0.25) is 0 Å². The van der Waals surface area contributed by atoms with Crippen LogP contribution < -0.4 is 14.8 Å². The zero-order valence-electron chi connectivity index (χ0n) is 13.8. The molecule has 1 N–H and O–H groups in total. The Hall–Kier alpha value is -2.53. The highest BCUT2D eigenvalue weighted by Crippen LogP contribution is 2.34. The Bertz CT molecular complexity index is 688. The van der Waals surface area contributed by atoms with Crippen molar-refractivity contribution in [2.75, 3.05) is 25.2 Å². The minimum Gasteiger partial charge on any atom is -0.454 e. The summed E-state index contributed by atoms with van der Waals surface area (Å²) in [6, 6.07) is 15.6. The van der Waals surface area contributed by atoms with Crippen molar-refractivity contribution in [1.29, 1.82) is 0 Å². The third kappa shape index (κ3) is 4.26. The van der Waals surface area contributed by atoms with Crippen LogP contribution in [0.3, 0.4) is 0 Å². The third-order valence-electron chi connectivity index (χ3n) is 3.81. The van der Waals surface area contributed by atoms with Gasteiger partial charge in [0.2, 0.25) is 12.7 Å². The number of hydrogen-bond donors (Lipinski definition) is 1. The summed E-state index contributed by atoms with van der Waals surface area (Å²) in [5.41, 5.74) is 1.93. The average molecular weight is 326 g/mol. The van der Waals surface area contributed by atoms with E-state index in [4.69, 9.17) is 9.47 Å². The van der Waals surface area contributed by atoms with Gasteiger partial charge in [0, 0.05) is 18.3 Å². The van der Waals surface area contributed by atoms with Crippen molar-refractivity contribution < 1.29 is 14.3 Å². The highest BCUT2D eigenvalue weighted by molar-refractivity contribution is 5.92. The molecule has 0 saturated heterocycles. The van der Waals surface area contributed by atoms with Gasteiger partial charge in [0.15, 0.2) is 11.5 Å². The molecule has 0 spiro atoms. The number of amides is 1. The molecule has 0 radical (unpaired) electrons. The predicted molar refractivity (Wildman–Crippen MR) is 93.2 cm³/mol. The number of carbonyl (C=O) groups is 1. The van der Waals surface area contributed by atoms with Gasteiger partial charge in [-0.25, -0.2) is 0 Å².